The average Bonchev–Trinajstić information content (AvgIpc) is 2.65. The van der Waals surface area contributed by atoms with Crippen molar-refractivity contribution >= 4 is 0 Å². The van der Waals surface area contributed by atoms with Crippen LogP contribution in [0.25, 0.3) is 0 Å². The van der Waals surface area contributed by atoms with Crippen molar-refractivity contribution in [3.63, 3.8) is 0 Å². The van der Waals surface area contributed by atoms with Crippen LogP contribution in [0, 0.1) is 0 Å². The van der Waals surface area contributed by atoms with Gasteiger partial charge >= 0.3 is 0 Å². The molecule has 0 aliphatic carbocycles. The summed E-state index contributed by atoms with van der Waals surface area (Å²) in [5.74, 6) is 0.817. The van der Waals surface area contributed by atoms with E-state index in [1.165, 1.54) is 6.33 Å². The zero-order valence-electron chi connectivity index (χ0n) is 11.5. The molecule has 5 heteroatoms. The second-order valence-electron chi connectivity index (χ2n) is 4.85. The molecule has 17 heavy (non-hydrogen) atoms. The number of aryl methyl sites for hydroxylation is 1. The Morgan fingerprint density at radius 1 is 1.41 bits per heavy atom. The minimum Gasteiger partial charge on any atom is -0.391 e. The number of nitrogens with zero attached hydrogens (tertiary/aromatic N) is 4. The zero-order chi connectivity index (χ0) is 13.1. The first kappa shape index (κ1) is 14.1. The van der Waals surface area contributed by atoms with E-state index in [4.69, 9.17) is 0 Å². The Balaban J connectivity index is 2.75. The first-order valence-electron chi connectivity index (χ1n) is 6.19. The lowest BCUT2D eigenvalue weighted by Gasteiger charge is -2.40. The van der Waals surface area contributed by atoms with E-state index < -0.39 is 6.10 Å². The van der Waals surface area contributed by atoms with E-state index in [9.17, 15) is 5.11 Å². The fraction of sp³-hybridized carbons (Fsp3) is 0.833. The standard InChI is InChI=1S/C12H24N4O/c1-6-16(7-2)12(3,4)10(17)8-11-13-9-14-15(11)5/h9-10,17H,6-8H2,1-5H3. The van der Waals surface area contributed by atoms with Crippen LogP contribution in [0.3, 0.4) is 0 Å². The van der Waals surface area contributed by atoms with Crippen LogP contribution in [0.1, 0.15) is 33.5 Å². The predicted octanol–water partition coefficient (Wildman–Crippen LogP) is 0.839. The van der Waals surface area contributed by atoms with Crippen molar-refractivity contribution in [2.24, 2.45) is 7.05 Å². The van der Waals surface area contributed by atoms with Gasteiger partial charge in [0.25, 0.3) is 0 Å². The van der Waals surface area contributed by atoms with Gasteiger partial charge in [-0.2, -0.15) is 5.10 Å². The molecule has 0 aliphatic heterocycles. The van der Waals surface area contributed by atoms with Crippen molar-refractivity contribution in [1.82, 2.24) is 19.7 Å². The Kier molecular flexibility index (Phi) is 4.65. The lowest BCUT2D eigenvalue weighted by Crippen LogP contribution is -2.53. The van der Waals surface area contributed by atoms with Crippen molar-refractivity contribution in [2.45, 2.75) is 45.8 Å². The minimum absolute atomic E-state index is 0.255. The Morgan fingerprint density at radius 2 is 2.00 bits per heavy atom. The van der Waals surface area contributed by atoms with Gasteiger partial charge in [-0.05, 0) is 26.9 Å². The summed E-state index contributed by atoms with van der Waals surface area (Å²) in [5.41, 5.74) is -0.255. The fourth-order valence-corrected chi connectivity index (χ4v) is 2.18. The first-order chi connectivity index (χ1) is 7.93. The van der Waals surface area contributed by atoms with E-state index in [0.29, 0.717) is 6.42 Å². The summed E-state index contributed by atoms with van der Waals surface area (Å²) in [5, 5.41) is 14.4. The molecule has 1 unspecified atom stereocenters. The summed E-state index contributed by atoms with van der Waals surface area (Å²) in [6.07, 6.45) is 1.59. The maximum Gasteiger partial charge on any atom is 0.138 e. The van der Waals surface area contributed by atoms with Gasteiger partial charge in [0.1, 0.15) is 12.2 Å². The Bertz CT molecular complexity index is 344. The van der Waals surface area contributed by atoms with Gasteiger partial charge in [-0.25, -0.2) is 4.98 Å². The lowest BCUT2D eigenvalue weighted by molar-refractivity contribution is -0.00558. The van der Waals surface area contributed by atoms with Gasteiger partial charge in [0.05, 0.1) is 6.10 Å². The topological polar surface area (TPSA) is 54.2 Å². The second kappa shape index (κ2) is 5.60. The monoisotopic (exact) mass is 240 g/mol. The third-order valence-corrected chi connectivity index (χ3v) is 3.58. The van der Waals surface area contributed by atoms with Crippen molar-refractivity contribution in [3.05, 3.63) is 12.2 Å². The highest BCUT2D eigenvalue weighted by atomic mass is 16.3. The van der Waals surface area contributed by atoms with Gasteiger partial charge in [0.2, 0.25) is 0 Å². The summed E-state index contributed by atoms with van der Waals surface area (Å²) in [6, 6.07) is 0. The highest BCUT2D eigenvalue weighted by molar-refractivity contribution is 4.96. The predicted molar refractivity (Wildman–Crippen MR) is 67.7 cm³/mol. The van der Waals surface area contributed by atoms with Gasteiger partial charge in [-0.15, -0.1) is 0 Å². The smallest absolute Gasteiger partial charge is 0.138 e. The first-order valence-corrected chi connectivity index (χ1v) is 6.19. The van der Waals surface area contributed by atoms with E-state index in [-0.39, 0.29) is 5.54 Å². The fourth-order valence-electron chi connectivity index (χ4n) is 2.18. The number of aliphatic hydroxyl groups excluding tert-OH is 1. The van der Waals surface area contributed by atoms with Crippen molar-refractivity contribution < 1.29 is 5.11 Å². The molecule has 0 saturated carbocycles. The Hall–Kier alpha value is -0.940. The van der Waals surface area contributed by atoms with Gasteiger partial charge in [-0.1, -0.05) is 13.8 Å². The van der Waals surface area contributed by atoms with Crippen LogP contribution in [0.15, 0.2) is 6.33 Å². The lowest BCUT2D eigenvalue weighted by atomic mass is 9.92. The van der Waals surface area contributed by atoms with E-state index in [0.717, 1.165) is 18.9 Å². The van der Waals surface area contributed by atoms with Gasteiger partial charge in [0.15, 0.2) is 0 Å². The Morgan fingerprint density at radius 3 is 2.41 bits per heavy atom. The molecule has 0 radical (unpaired) electrons. The van der Waals surface area contributed by atoms with Crippen LogP contribution in [0.4, 0.5) is 0 Å². The molecule has 0 spiro atoms. The molecule has 0 amide bonds. The number of aromatic nitrogens is 3. The molecule has 1 aromatic rings. The average molecular weight is 240 g/mol. The van der Waals surface area contributed by atoms with Crippen molar-refractivity contribution in [2.75, 3.05) is 13.1 Å². The van der Waals surface area contributed by atoms with Gasteiger partial charge < -0.3 is 5.11 Å². The summed E-state index contributed by atoms with van der Waals surface area (Å²) in [7, 11) is 1.85. The molecule has 5 nitrogen and oxygen atoms in total. The maximum absolute atomic E-state index is 10.4. The van der Waals surface area contributed by atoms with Crippen LogP contribution in [0.2, 0.25) is 0 Å². The largest absolute Gasteiger partial charge is 0.391 e. The number of hydrogen-bond donors (Lipinski definition) is 1. The maximum atomic E-state index is 10.4. The van der Waals surface area contributed by atoms with Crippen LogP contribution in [-0.4, -0.2) is 49.5 Å². The molecule has 1 aromatic heterocycles. The number of rotatable bonds is 6. The molecular formula is C12H24N4O. The van der Waals surface area contributed by atoms with Gasteiger partial charge in [-0.3, -0.25) is 9.58 Å². The third-order valence-electron chi connectivity index (χ3n) is 3.58. The molecule has 0 fully saturated rings. The molecule has 0 bridgehead atoms. The molecule has 1 N–H and O–H groups in total. The van der Waals surface area contributed by atoms with Crippen molar-refractivity contribution in [3.8, 4) is 0 Å². The van der Waals surface area contributed by atoms with Crippen LogP contribution < -0.4 is 0 Å². The zero-order valence-corrected chi connectivity index (χ0v) is 11.5. The summed E-state index contributed by atoms with van der Waals surface area (Å²) >= 11 is 0. The highest BCUT2D eigenvalue weighted by Gasteiger charge is 2.33. The van der Waals surface area contributed by atoms with E-state index in [2.05, 4.69) is 42.7 Å². The molecule has 1 rings (SSSR count). The molecule has 0 aliphatic rings. The SMILES string of the molecule is CCN(CC)C(C)(C)C(O)Cc1ncnn1C. The summed E-state index contributed by atoms with van der Waals surface area (Å²) in [4.78, 5) is 6.41. The minimum atomic E-state index is -0.453. The summed E-state index contributed by atoms with van der Waals surface area (Å²) < 4.78 is 1.71. The second-order valence-corrected chi connectivity index (χ2v) is 4.85. The number of likely N-dealkylation sites (N-methyl/N-ethyl adjacent to an activating group) is 1. The van der Waals surface area contributed by atoms with Gasteiger partial charge in [0, 0.05) is 19.0 Å². The van der Waals surface area contributed by atoms with Crippen LogP contribution >= 0.6 is 0 Å². The summed E-state index contributed by atoms with van der Waals surface area (Å²) in [6.45, 7) is 10.2. The number of hydrogen-bond acceptors (Lipinski definition) is 4. The van der Waals surface area contributed by atoms with E-state index in [1.54, 1.807) is 4.68 Å². The van der Waals surface area contributed by atoms with Crippen molar-refractivity contribution in [1.29, 1.82) is 0 Å². The van der Waals surface area contributed by atoms with E-state index >= 15 is 0 Å². The molecular weight excluding hydrogens is 216 g/mol. The normalized spacial score (nSPS) is 14.3. The Labute approximate surface area is 103 Å². The molecule has 1 heterocycles. The van der Waals surface area contributed by atoms with Crippen LogP contribution in [0.5, 0.6) is 0 Å². The number of aliphatic hydroxyl groups is 1. The van der Waals surface area contributed by atoms with Crippen LogP contribution in [-0.2, 0) is 13.5 Å². The molecule has 0 aromatic carbocycles. The quantitative estimate of drug-likeness (QED) is 0.800. The molecule has 0 saturated heterocycles. The van der Waals surface area contributed by atoms with E-state index in [1.807, 2.05) is 7.05 Å². The third kappa shape index (κ3) is 3.04. The molecule has 98 valence electrons. The highest BCUT2D eigenvalue weighted by Crippen LogP contribution is 2.21. The molecule has 1 atom stereocenters.